The maximum absolute atomic E-state index is 12.3. The zero-order chi connectivity index (χ0) is 12.4. The van der Waals surface area contributed by atoms with E-state index in [-0.39, 0.29) is 18.6 Å². The number of carbonyl (C=O) groups excluding carboxylic acids is 1. The number of aliphatic hydroxyl groups excluding tert-OH is 1. The van der Waals surface area contributed by atoms with Gasteiger partial charge < -0.3 is 15.7 Å². The van der Waals surface area contributed by atoms with E-state index in [2.05, 4.69) is 15.9 Å². The van der Waals surface area contributed by atoms with E-state index < -0.39 is 0 Å². The van der Waals surface area contributed by atoms with Gasteiger partial charge in [-0.05, 0) is 31.0 Å². The summed E-state index contributed by atoms with van der Waals surface area (Å²) in [5, 5.41) is 9.21. The lowest BCUT2D eigenvalue weighted by molar-refractivity contribution is 0.0678. The lowest BCUT2D eigenvalue weighted by atomic mass is 10.1. The minimum atomic E-state index is -0.0912. The SMILES string of the molecule is Nc1cc(Br)ccc1C(=O)N1CCC[C@@H]1CO. The molecule has 1 atom stereocenters. The smallest absolute Gasteiger partial charge is 0.256 e. The average Bonchev–Trinajstić information content (AvgIpc) is 2.76. The third kappa shape index (κ3) is 2.45. The topological polar surface area (TPSA) is 66.6 Å². The lowest BCUT2D eigenvalue weighted by Crippen LogP contribution is -2.37. The van der Waals surface area contributed by atoms with E-state index in [1.54, 1.807) is 23.1 Å². The molecule has 1 saturated heterocycles. The number of likely N-dealkylation sites (tertiary alicyclic amines) is 1. The highest BCUT2D eigenvalue weighted by molar-refractivity contribution is 9.10. The second-order valence-electron chi connectivity index (χ2n) is 4.21. The van der Waals surface area contributed by atoms with Crippen LogP contribution in [0.2, 0.25) is 0 Å². The molecular weight excluding hydrogens is 284 g/mol. The minimum Gasteiger partial charge on any atom is -0.398 e. The molecule has 1 aromatic carbocycles. The van der Waals surface area contributed by atoms with Gasteiger partial charge in [-0.1, -0.05) is 15.9 Å². The van der Waals surface area contributed by atoms with Gasteiger partial charge in [-0.3, -0.25) is 4.79 Å². The molecule has 4 nitrogen and oxygen atoms in total. The fourth-order valence-electron chi connectivity index (χ4n) is 2.18. The number of amides is 1. The quantitative estimate of drug-likeness (QED) is 0.816. The number of carbonyl (C=O) groups is 1. The largest absolute Gasteiger partial charge is 0.398 e. The first-order valence-electron chi connectivity index (χ1n) is 5.60. The van der Waals surface area contributed by atoms with Crippen molar-refractivity contribution < 1.29 is 9.90 Å². The molecule has 1 aromatic rings. The molecule has 1 aliphatic heterocycles. The van der Waals surface area contributed by atoms with Crippen LogP contribution in [0.5, 0.6) is 0 Å². The van der Waals surface area contributed by atoms with Crippen LogP contribution in [-0.2, 0) is 0 Å². The van der Waals surface area contributed by atoms with Crippen LogP contribution in [0, 0.1) is 0 Å². The number of hydrogen-bond donors (Lipinski definition) is 2. The van der Waals surface area contributed by atoms with Gasteiger partial charge in [0.2, 0.25) is 0 Å². The lowest BCUT2D eigenvalue weighted by Gasteiger charge is -2.23. The van der Waals surface area contributed by atoms with E-state index in [4.69, 9.17) is 5.73 Å². The van der Waals surface area contributed by atoms with Gasteiger partial charge in [0.15, 0.2) is 0 Å². The normalized spacial score (nSPS) is 19.6. The predicted octanol–water partition coefficient (Wildman–Crippen LogP) is 1.63. The van der Waals surface area contributed by atoms with Crippen LogP contribution in [0.15, 0.2) is 22.7 Å². The molecule has 1 amide bonds. The van der Waals surface area contributed by atoms with Crippen molar-refractivity contribution in [3.63, 3.8) is 0 Å². The Labute approximate surface area is 109 Å². The summed E-state index contributed by atoms with van der Waals surface area (Å²) < 4.78 is 0.853. The molecule has 1 fully saturated rings. The summed E-state index contributed by atoms with van der Waals surface area (Å²) in [6.07, 6.45) is 1.80. The van der Waals surface area contributed by atoms with Crippen molar-refractivity contribution in [1.29, 1.82) is 0 Å². The van der Waals surface area contributed by atoms with Crippen LogP contribution >= 0.6 is 15.9 Å². The Morgan fingerprint density at radius 2 is 2.35 bits per heavy atom. The fourth-order valence-corrected chi connectivity index (χ4v) is 2.55. The molecule has 0 aliphatic carbocycles. The summed E-state index contributed by atoms with van der Waals surface area (Å²) in [4.78, 5) is 14.0. The maximum Gasteiger partial charge on any atom is 0.256 e. The van der Waals surface area contributed by atoms with E-state index in [1.807, 2.05) is 0 Å². The molecule has 3 N–H and O–H groups in total. The fraction of sp³-hybridized carbons (Fsp3) is 0.417. The highest BCUT2D eigenvalue weighted by Gasteiger charge is 2.29. The van der Waals surface area contributed by atoms with Crippen molar-refractivity contribution in [3.8, 4) is 0 Å². The van der Waals surface area contributed by atoms with E-state index in [0.717, 1.165) is 17.3 Å². The summed E-state index contributed by atoms with van der Waals surface area (Å²) in [6.45, 7) is 0.710. The first kappa shape index (κ1) is 12.4. The number of benzene rings is 1. The van der Waals surface area contributed by atoms with Crippen molar-refractivity contribution >= 4 is 27.5 Å². The van der Waals surface area contributed by atoms with Crippen LogP contribution in [0.25, 0.3) is 0 Å². The van der Waals surface area contributed by atoms with Gasteiger partial charge in [0.25, 0.3) is 5.91 Å². The summed E-state index contributed by atoms with van der Waals surface area (Å²) in [7, 11) is 0. The highest BCUT2D eigenvalue weighted by Crippen LogP contribution is 2.24. The number of nitrogen functional groups attached to an aromatic ring is 1. The summed E-state index contributed by atoms with van der Waals surface area (Å²) in [5.41, 5.74) is 6.81. The molecule has 0 unspecified atom stereocenters. The Morgan fingerprint density at radius 3 is 3.00 bits per heavy atom. The van der Waals surface area contributed by atoms with Gasteiger partial charge in [0, 0.05) is 16.7 Å². The van der Waals surface area contributed by atoms with Gasteiger partial charge in [-0.25, -0.2) is 0 Å². The summed E-state index contributed by atoms with van der Waals surface area (Å²) in [6, 6.07) is 5.17. The van der Waals surface area contributed by atoms with Crippen molar-refractivity contribution in [2.75, 3.05) is 18.9 Å². The number of nitrogens with zero attached hydrogens (tertiary/aromatic N) is 1. The molecule has 92 valence electrons. The number of rotatable bonds is 2. The van der Waals surface area contributed by atoms with E-state index >= 15 is 0 Å². The van der Waals surface area contributed by atoms with Crippen molar-refractivity contribution in [2.24, 2.45) is 0 Å². The van der Waals surface area contributed by atoms with Crippen molar-refractivity contribution in [2.45, 2.75) is 18.9 Å². The zero-order valence-electron chi connectivity index (χ0n) is 9.40. The van der Waals surface area contributed by atoms with E-state index in [9.17, 15) is 9.90 Å². The molecule has 17 heavy (non-hydrogen) atoms. The standard InChI is InChI=1S/C12H15BrN2O2/c13-8-3-4-10(11(14)6-8)12(17)15-5-1-2-9(15)7-16/h3-4,6,9,16H,1-2,5,7,14H2/t9-/m1/s1. The molecule has 1 aliphatic rings. The first-order chi connectivity index (χ1) is 8.13. The molecule has 0 aromatic heterocycles. The highest BCUT2D eigenvalue weighted by atomic mass is 79.9. The Hall–Kier alpha value is -1.07. The Balaban J connectivity index is 2.24. The van der Waals surface area contributed by atoms with Crippen LogP contribution in [0.1, 0.15) is 23.2 Å². The van der Waals surface area contributed by atoms with E-state index in [1.165, 1.54) is 0 Å². The van der Waals surface area contributed by atoms with Crippen LogP contribution in [-0.4, -0.2) is 35.1 Å². The van der Waals surface area contributed by atoms with Gasteiger partial charge >= 0.3 is 0 Å². The average molecular weight is 299 g/mol. The van der Waals surface area contributed by atoms with Gasteiger partial charge in [-0.2, -0.15) is 0 Å². The van der Waals surface area contributed by atoms with Gasteiger partial charge in [-0.15, -0.1) is 0 Å². The first-order valence-corrected chi connectivity index (χ1v) is 6.39. The Morgan fingerprint density at radius 1 is 1.59 bits per heavy atom. The second-order valence-corrected chi connectivity index (χ2v) is 5.12. The number of nitrogens with two attached hydrogens (primary N) is 1. The third-order valence-corrected chi connectivity index (χ3v) is 3.59. The number of halogens is 1. The zero-order valence-corrected chi connectivity index (χ0v) is 11.0. The van der Waals surface area contributed by atoms with Crippen LogP contribution in [0.3, 0.4) is 0 Å². The third-order valence-electron chi connectivity index (χ3n) is 3.09. The molecule has 1 heterocycles. The summed E-state index contributed by atoms with van der Waals surface area (Å²) in [5.74, 6) is -0.0912. The van der Waals surface area contributed by atoms with Gasteiger partial charge in [0.1, 0.15) is 0 Å². The molecule has 2 rings (SSSR count). The summed E-state index contributed by atoms with van der Waals surface area (Å²) >= 11 is 3.31. The van der Waals surface area contributed by atoms with Gasteiger partial charge in [0.05, 0.1) is 18.2 Å². The Kier molecular flexibility index (Phi) is 3.69. The monoisotopic (exact) mass is 298 g/mol. The molecule has 5 heteroatoms. The van der Waals surface area contributed by atoms with E-state index in [0.29, 0.717) is 17.8 Å². The minimum absolute atomic E-state index is 0.0160. The predicted molar refractivity (Wildman–Crippen MR) is 69.7 cm³/mol. The molecule has 0 bridgehead atoms. The maximum atomic E-state index is 12.3. The number of anilines is 1. The van der Waals surface area contributed by atoms with Crippen molar-refractivity contribution in [3.05, 3.63) is 28.2 Å². The van der Waals surface area contributed by atoms with Crippen molar-refractivity contribution in [1.82, 2.24) is 4.90 Å². The Bertz CT molecular complexity index is 437. The molecule has 0 radical (unpaired) electrons. The molecular formula is C12H15BrN2O2. The van der Waals surface area contributed by atoms with Crippen LogP contribution < -0.4 is 5.73 Å². The molecule has 0 spiro atoms. The van der Waals surface area contributed by atoms with Crippen LogP contribution in [0.4, 0.5) is 5.69 Å². The number of hydrogen-bond acceptors (Lipinski definition) is 3. The number of aliphatic hydroxyl groups is 1. The molecule has 0 saturated carbocycles. The second kappa shape index (κ2) is 5.06.